The van der Waals surface area contributed by atoms with Gasteiger partial charge >= 0.3 is 5.91 Å². The molecule has 2 aliphatic rings. The molecule has 0 radical (unpaired) electrons. The van der Waals surface area contributed by atoms with Gasteiger partial charge in [0.1, 0.15) is 9.97 Å². The van der Waals surface area contributed by atoms with E-state index in [1.807, 2.05) is 7.05 Å². The summed E-state index contributed by atoms with van der Waals surface area (Å²) in [6.07, 6.45) is 1.17. The molecular formula is C24H26ClN5O5S2. The van der Waals surface area contributed by atoms with Crippen molar-refractivity contribution in [3.63, 3.8) is 0 Å². The molecule has 0 saturated carbocycles. The van der Waals surface area contributed by atoms with Gasteiger partial charge in [-0.1, -0.05) is 17.7 Å². The molecule has 2 aliphatic heterocycles. The van der Waals surface area contributed by atoms with E-state index < -0.39 is 28.6 Å². The molecule has 10 nitrogen and oxygen atoms in total. The average Bonchev–Trinajstić information content (AvgIpc) is 3.47. The maximum absolute atomic E-state index is 13.7. The molecule has 1 unspecified atom stereocenters. The lowest BCUT2D eigenvalue weighted by atomic mass is 10.1. The zero-order valence-corrected chi connectivity index (χ0v) is 22.6. The first-order valence-corrected chi connectivity index (χ1v) is 14.5. The highest BCUT2D eigenvalue weighted by molar-refractivity contribution is 7.91. The largest absolute Gasteiger partial charge is 0.436 e. The first kappa shape index (κ1) is 26.1. The van der Waals surface area contributed by atoms with Crippen molar-refractivity contribution < 1.29 is 22.7 Å². The highest BCUT2D eigenvalue weighted by atomic mass is 35.5. The van der Waals surface area contributed by atoms with Crippen LogP contribution in [0.25, 0.3) is 10.1 Å². The number of amides is 1. The highest BCUT2D eigenvalue weighted by Crippen LogP contribution is 2.38. The Hall–Kier alpha value is -2.53. The normalized spacial score (nSPS) is 19.2. The zero-order chi connectivity index (χ0) is 26.3. The molecule has 13 heteroatoms. The van der Waals surface area contributed by atoms with Gasteiger partial charge in [-0.05, 0) is 31.0 Å². The molecule has 37 heavy (non-hydrogen) atoms. The Morgan fingerprint density at radius 1 is 1.35 bits per heavy atom. The number of benzene rings is 1. The second kappa shape index (κ2) is 10.3. The minimum absolute atomic E-state index is 0.00233. The van der Waals surface area contributed by atoms with Crippen LogP contribution in [0.4, 0.5) is 0 Å². The van der Waals surface area contributed by atoms with Crippen molar-refractivity contribution >= 4 is 49.0 Å². The smallest absolute Gasteiger partial charge is 0.310 e. The van der Waals surface area contributed by atoms with Gasteiger partial charge in [0.25, 0.3) is 15.9 Å². The number of nitriles is 1. The number of carbonyl (C=O) groups is 1. The van der Waals surface area contributed by atoms with Crippen LogP contribution in [0.15, 0.2) is 26.8 Å². The summed E-state index contributed by atoms with van der Waals surface area (Å²) in [5.41, 5.74) is 1.11. The van der Waals surface area contributed by atoms with Crippen LogP contribution in [0.1, 0.15) is 40.5 Å². The summed E-state index contributed by atoms with van der Waals surface area (Å²) in [6.45, 7) is 1.20. The molecular weight excluding hydrogens is 538 g/mol. The molecule has 0 bridgehead atoms. The molecule has 1 atom stereocenters. The van der Waals surface area contributed by atoms with Crippen molar-refractivity contribution in [2.24, 2.45) is 0 Å². The third kappa shape index (κ3) is 4.87. The van der Waals surface area contributed by atoms with Crippen molar-refractivity contribution in [1.29, 1.82) is 5.26 Å². The van der Waals surface area contributed by atoms with Gasteiger partial charge in [0, 0.05) is 60.3 Å². The maximum atomic E-state index is 13.7. The molecule has 4 heterocycles. The van der Waals surface area contributed by atoms with E-state index in [2.05, 4.69) is 16.0 Å². The summed E-state index contributed by atoms with van der Waals surface area (Å²) in [7, 11) is -2.01. The third-order valence-corrected chi connectivity index (χ3v) is 10.7. The molecule has 1 N–H and O–H groups in total. The molecule has 1 aromatic carbocycles. The van der Waals surface area contributed by atoms with E-state index in [1.165, 1.54) is 4.31 Å². The summed E-state index contributed by atoms with van der Waals surface area (Å²) >= 11 is 7.16. The van der Waals surface area contributed by atoms with Gasteiger partial charge in [-0.25, -0.2) is 13.4 Å². The van der Waals surface area contributed by atoms with Crippen LogP contribution in [0, 0.1) is 11.3 Å². The Morgan fingerprint density at radius 2 is 2.16 bits per heavy atom. The van der Waals surface area contributed by atoms with Crippen LogP contribution < -0.4 is 0 Å². The predicted molar refractivity (Wildman–Crippen MR) is 138 cm³/mol. The van der Waals surface area contributed by atoms with E-state index >= 15 is 0 Å². The second-order valence-electron chi connectivity index (χ2n) is 9.26. The minimum Gasteiger partial charge on any atom is -0.436 e. The molecule has 1 fully saturated rings. The topological polar surface area (TPSA) is 131 Å². The lowest BCUT2D eigenvalue weighted by Crippen LogP contribution is -2.56. The van der Waals surface area contributed by atoms with Crippen molar-refractivity contribution in [2.45, 2.75) is 42.7 Å². The zero-order valence-electron chi connectivity index (χ0n) is 20.2. The van der Waals surface area contributed by atoms with E-state index in [4.69, 9.17) is 16.0 Å². The first-order valence-electron chi connectivity index (χ1n) is 11.9. The lowest BCUT2D eigenvalue weighted by molar-refractivity contribution is 0.0511. The van der Waals surface area contributed by atoms with Gasteiger partial charge in [0.05, 0.1) is 24.9 Å². The Balaban J connectivity index is 1.42. The number of aliphatic hydroxyl groups is 1. The quantitative estimate of drug-likeness (QED) is 0.484. The van der Waals surface area contributed by atoms with E-state index in [0.717, 1.165) is 23.6 Å². The number of hydrogen-bond acceptors (Lipinski definition) is 9. The number of aromatic nitrogens is 1. The second-order valence-corrected chi connectivity index (χ2v) is 12.9. The van der Waals surface area contributed by atoms with Crippen LogP contribution in [0.5, 0.6) is 0 Å². The van der Waals surface area contributed by atoms with Gasteiger partial charge < -0.3 is 14.4 Å². The molecule has 3 aromatic rings. The van der Waals surface area contributed by atoms with Gasteiger partial charge in [-0.15, -0.1) is 11.3 Å². The van der Waals surface area contributed by atoms with Gasteiger partial charge in [0.15, 0.2) is 0 Å². The van der Waals surface area contributed by atoms with Crippen LogP contribution in [0.2, 0.25) is 5.02 Å². The van der Waals surface area contributed by atoms with Crippen LogP contribution in [-0.2, 0) is 29.6 Å². The number of rotatable bonds is 6. The molecule has 1 amide bonds. The van der Waals surface area contributed by atoms with Crippen molar-refractivity contribution in [3.8, 4) is 6.07 Å². The number of carbonyl (C=O) groups excluding carboxylic acids is 1. The number of likely N-dealkylation sites (N-methyl/N-ethyl adjacent to an activating group) is 1. The highest BCUT2D eigenvalue weighted by Gasteiger charge is 2.39. The predicted octanol–water partition coefficient (Wildman–Crippen LogP) is 2.84. The molecule has 2 aromatic heterocycles. The number of fused-ring (bicyclic) bond motifs is 2. The number of piperazine rings is 1. The Kier molecular flexibility index (Phi) is 7.28. The number of hydrogen-bond donors (Lipinski definition) is 1. The number of thiophene rings is 1. The Morgan fingerprint density at radius 3 is 2.92 bits per heavy atom. The molecule has 1 saturated heterocycles. The third-order valence-electron chi connectivity index (χ3n) is 6.85. The fraction of sp³-hybridized carbons (Fsp3) is 0.458. The fourth-order valence-electron chi connectivity index (χ4n) is 4.90. The van der Waals surface area contributed by atoms with E-state index in [1.54, 1.807) is 23.1 Å². The van der Waals surface area contributed by atoms with Crippen LogP contribution >= 0.6 is 22.9 Å². The summed E-state index contributed by atoms with van der Waals surface area (Å²) in [4.78, 5) is 21.5. The lowest BCUT2D eigenvalue weighted by Gasteiger charge is -2.40. The SMILES string of the molecule is CN1CCc2nc(C(=O)N3CCN(S(=O)(=O)c4sc5cc(Cl)ccc5c4CO)CC3CCC#N)oc2C1. The maximum Gasteiger partial charge on any atom is 0.310 e. The Bertz CT molecular complexity index is 1490. The standard InChI is InChI=1S/C24H26ClN5O5S2/c1-28-8-6-19-20(13-28)35-22(27-19)23(32)30-10-9-29(12-16(30)3-2-7-26)37(33,34)24-18(14-31)17-5-4-15(25)11-21(17)36-24/h4-5,11,16,31H,2-3,6,8-10,12-14H2,1H3. The van der Waals surface area contributed by atoms with E-state index in [9.17, 15) is 23.6 Å². The van der Waals surface area contributed by atoms with Crippen LogP contribution in [0.3, 0.4) is 0 Å². The number of halogens is 1. The number of sulfonamides is 1. The summed E-state index contributed by atoms with van der Waals surface area (Å²) in [5.74, 6) is 0.278. The summed E-state index contributed by atoms with van der Waals surface area (Å²) in [6, 6.07) is 6.61. The van der Waals surface area contributed by atoms with E-state index in [0.29, 0.717) is 45.8 Å². The van der Waals surface area contributed by atoms with Crippen molar-refractivity contribution in [2.75, 3.05) is 33.2 Å². The van der Waals surface area contributed by atoms with Crippen molar-refractivity contribution in [1.82, 2.24) is 19.1 Å². The van der Waals surface area contributed by atoms with E-state index in [-0.39, 0.29) is 36.2 Å². The molecule has 0 spiro atoms. The molecule has 0 aliphatic carbocycles. The number of oxazole rings is 1. The number of nitrogens with zero attached hydrogens (tertiary/aromatic N) is 5. The summed E-state index contributed by atoms with van der Waals surface area (Å²) in [5, 5.41) is 20.3. The fourth-order valence-corrected chi connectivity index (χ4v) is 8.54. The van der Waals surface area contributed by atoms with Gasteiger partial charge in [-0.3, -0.25) is 9.69 Å². The summed E-state index contributed by atoms with van der Waals surface area (Å²) < 4.78 is 35.4. The molecule has 5 rings (SSSR count). The van der Waals surface area contributed by atoms with Crippen molar-refractivity contribution in [3.05, 3.63) is 46.1 Å². The van der Waals surface area contributed by atoms with Gasteiger partial charge in [-0.2, -0.15) is 9.57 Å². The van der Waals surface area contributed by atoms with Gasteiger partial charge in [0.2, 0.25) is 0 Å². The average molecular weight is 564 g/mol. The van der Waals surface area contributed by atoms with Crippen LogP contribution in [-0.4, -0.2) is 77.8 Å². The monoisotopic (exact) mass is 563 g/mol. The minimum atomic E-state index is -3.98. The Labute approximate surface area is 223 Å². The number of aliphatic hydroxyl groups excluding tert-OH is 1. The molecule has 196 valence electrons. The first-order chi connectivity index (χ1) is 17.7.